The van der Waals surface area contributed by atoms with E-state index in [1.807, 2.05) is 24.3 Å². The van der Waals surface area contributed by atoms with E-state index in [0.29, 0.717) is 15.8 Å². The SMILES string of the molecule is COc1ccc(CN2C(=O)C(=Cc3ccc(F)cc3)SC2=S)cc1. The lowest BCUT2D eigenvalue weighted by molar-refractivity contribution is -0.122. The fourth-order valence-electron chi connectivity index (χ4n) is 2.26. The summed E-state index contributed by atoms with van der Waals surface area (Å²) in [5, 5.41) is 0. The van der Waals surface area contributed by atoms with Crippen LogP contribution in [0, 0.1) is 5.82 Å². The van der Waals surface area contributed by atoms with Crippen molar-refractivity contribution in [1.29, 1.82) is 0 Å². The van der Waals surface area contributed by atoms with Gasteiger partial charge in [-0.2, -0.15) is 0 Å². The zero-order valence-electron chi connectivity index (χ0n) is 12.9. The first-order valence-electron chi connectivity index (χ1n) is 7.20. The molecule has 0 radical (unpaired) electrons. The molecule has 0 bridgehead atoms. The molecule has 1 fully saturated rings. The van der Waals surface area contributed by atoms with Crippen molar-refractivity contribution in [2.24, 2.45) is 0 Å². The Hall–Kier alpha value is -2.18. The predicted octanol–water partition coefficient (Wildman–Crippen LogP) is 4.24. The molecule has 2 aromatic rings. The minimum Gasteiger partial charge on any atom is -0.497 e. The Labute approximate surface area is 149 Å². The molecule has 2 aromatic carbocycles. The molecule has 3 nitrogen and oxygen atoms in total. The van der Waals surface area contributed by atoms with E-state index in [0.717, 1.165) is 16.9 Å². The van der Waals surface area contributed by atoms with Crippen LogP contribution in [0.15, 0.2) is 53.4 Å². The summed E-state index contributed by atoms with van der Waals surface area (Å²) in [5.41, 5.74) is 1.73. The molecule has 1 amide bonds. The van der Waals surface area contributed by atoms with Gasteiger partial charge in [0.25, 0.3) is 5.91 Å². The maximum Gasteiger partial charge on any atom is 0.266 e. The van der Waals surface area contributed by atoms with Gasteiger partial charge in [0.15, 0.2) is 0 Å². The number of thioether (sulfide) groups is 1. The number of ether oxygens (including phenoxy) is 1. The first-order chi connectivity index (χ1) is 11.6. The van der Waals surface area contributed by atoms with E-state index >= 15 is 0 Å². The number of nitrogens with zero attached hydrogens (tertiary/aromatic N) is 1. The van der Waals surface area contributed by atoms with E-state index in [9.17, 15) is 9.18 Å². The molecule has 1 saturated heterocycles. The highest BCUT2D eigenvalue weighted by atomic mass is 32.2. The van der Waals surface area contributed by atoms with Gasteiger partial charge in [0.05, 0.1) is 18.6 Å². The molecule has 1 heterocycles. The summed E-state index contributed by atoms with van der Waals surface area (Å²) in [7, 11) is 1.61. The van der Waals surface area contributed by atoms with Crippen LogP contribution in [0.5, 0.6) is 5.75 Å². The normalized spacial score (nSPS) is 16.1. The molecule has 1 aliphatic rings. The standard InChI is InChI=1S/C18H14FNO2S2/c1-22-15-8-4-13(5-9-15)11-20-17(21)16(24-18(20)23)10-12-2-6-14(19)7-3-12/h2-10H,11H2,1H3. The fraction of sp³-hybridized carbons (Fsp3) is 0.111. The fourth-order valence-corrected chi connectivity index (χ4v) is 3.52. The van der Waals surface area contributed by atoms with Crippen molar-refractivity contribution in [2.75, 3.05) is 7.11 Å². The minimum atomic E-state index is -0.306. The zero-order chi connectivity index (χ0) is 17.1. The van der Waals surface area contributed by atoms with E-state index in [2.05, 4.69) is 0 Å². The van der Waals surface area contributed by atoms with E-state index in [1.165, 1.54) is 23.9 Å². The monoisotopic (exact) mass is 359 g/mol. The minimum absolute atomic E-state index is 0.134. The lowest BCUT2D eigenvalue weighted by Gasteiger charge is -2.14. The maximum atomic E-state index is 13.0. The molecule has 1 aliphatic heterocycles. The lowest BCUT2D eigenvalue weighted by Crippen LogP contribution is -2.27. The van der Waals surface area contributed by atoms with Crippen LogP contribution in [0.4, 0.5) is 4.39 Å². The highest BCUT2D eigenvalue weighted by molar-refractivity contribution is 8.26. The second kappa shape index (κ2) is 7.15. The zero-order valence-corrected chi connectivity index (χ0v) is 14.5. The van der Waals surface area contributed by atoms with Crippen molar-refractivity contribution >= 4 is 40.3 Å². The molecular weight excluding hydrogens is 345 g/mol. The van der Waals surface area contributed by atoms with Gasteiger partial charge in [0.1, 0.15) is 15.9 Å². The molecule has 3 rings (SSSR count). The van der Waals surface area contributed by atoms with Crippen LogP contribution < -0.4 is 4.74 Å². The van der Waals surface area contributed by atoms with Gasteiger partial charge in [-0.05, 0) is 41.5 Å². The highest BCUT2D eigenvalue weighted by Crippen LogP contribution is 2.33. The van der Waals surface area contributed by atoms with Gasteiger partial charge in [-0.3, -0.25) is 9.69 Å². The van der Waals surface area contributed by atoms with Crippen molar-refractivity contribution in [1.82, 2.24) is 4.90 Å². The summed E-state index contributed by atoms with van der Waals surface area (Å²) in [5.74, 6) is 0.324. The number of amides is 1. The van der Waals surface area contributed by atoms with Gasteiger partial charge < -0.3 is 4.74 Å². The summed E-state index contributed by atoms with van der Waals surface area (Å²) < 4.78 is 18.6. The van der Waals surface area contributed by atoms with Gasteiger partial charge in [-0.15, -0.1) is 0 Å². The molecule has 0 spiro atoms. The van der Waals surface area contributed by atoms with Gasteiger partial charge in [-0.1, -0.05) is 48.2 Å². The number of halogens is 1. The van der Waals surface area contributed by atoms with E-state index in [4.69, 9.17) is 17.0 Å². The number of benzene rings is 2. The van der Waals surface area contributed by atoms with Gasteiger partial charge in [-0.25, -0.2) is 4.39 Å². The Morgan fingerprint density at radius 1 is 1.17 bits per heavy atom. The van der Waals surface area contributed by atoms with Crippen LogP contribution in [0.1, 0.15) is 11.1 Å². The summed E-state index contributed by atoms with van der Waals surface area (Å²) in [6.07, 6.45) is 1.73. The number of methoxy groups -OCH3 is 1. The number of rotatable bonds is 4. The first-order valence-corrected chi connectivity index (χ1v) is 8.43. The van der Waals surface area contributed by atoms with Crippen molar-refractivity contribution < 1.29 is 13.9 Å². The lowest BCUT2D eigenvalue weighted by atomic mass is 10.2. The van der Waals surface area contributed by atoms with Gasteiger partial charge in [0, 0.05) is 0 Å². The van der Waals surface area contributed by atoms with Crippen molar-refractivity contribution in [3.63, 3.8) is 0 Å². The van der Waals surface area contributed by atoms with Crippen molar-refractivity contribution in [2.45, 2.75) is 6.54 Å². The van der Waals surface area contributed by atoms with E-state index < -0.39 is 0 Å². The molecular formula is C18H14FNO2S2. The third kappa shape index (κ3) is 3.66. The van der Waals surface area contributed by atoms with Crippen LogP contribution in [0.3, 0.4) is 0 Å². The van der Waals surface area contributed by atoms with Crippen molar-refractivity contribution in [3.05, 3.63) is 70.4 Å². The van der Waals surface area contributed by atoms with Crippen molar-refractivity contribution in [3.8, 4) is 5.75 Å². The largest absolute Gasteiger partial charge is 0.497 e. The van der Waals surface area contributed by atoms with Crippen LogP contribution in [0.25, 0.3) is 6.08 Å². The van der Waals surface area contributed by atoms with E-state index in [-0.39, 0.29) is 11.7 Å². The molecule has 0 aliphatic carbocycles. The van der Waals surface area contributed by atoms with Crippen LogP contribution >= 0.6 is 24.0 Å². The first kappa shape index (κ1) is 16.7. The van der Waals surface area contributed by atoms with E-state index in [1.54, 1.807) is 30.2 Å². The number of hydrogen-bond acceptors (Lipinski definition) is 4. The smallest absolute Gasteiger partial charge is 0.266 e. The average molecular weight is 359 g/mol. The maximum absolute atomic E-state index is 13.0. The molecule has 0 N–H and O–H groups in total. The molecule has 0 atom stereocenters. The summed E-state index contributed by atoms with van der Waals surface area (Å²) in [6, 6.07) is 13.5. The molecule has 122 valence electrons. The van der Waals surface area contributed by atoms with Gasteiger partial charge >= 0.3 is 0 Å². The molecule has 0 aromatic heterocycles. The summed E-state index contributed by atoms with van der Waals surface area (Å²) in [4.78, 5) is 14.7. The Balaban J connectivity index is 1.77. The Kier molecular flexibility index (Phi) is 4.97. The molecule has 6 heteroatoms. The second-order valence-electron chi connectivity index (χ2n) is 5.17. The number of carbonyl (C=O) groups is 1. The Bertz CT molecular complexity index is 801. The Morgan fingerprint density at radius 2 is 1.83 bits per heavy atom. The average Bonchev–Trinajstić information content (AvgIpc) is 2.85. The summed E-state index contributed by atoms with van der Waals surface area (Å²) in [6.45, 7) is 0.412. The number of carbonyl (C=O) groups excluding carboxylic acids is 1. The number of hydrogen-bond donors (Lipinski definition) is 0. The predicted molar refractivity (Wildman–Crippen MR) is 98.1 cm³/mol. The third-order valence-electron chi connectivity index (χ3n) is 3.54. The second-order valence-corrected chi connectivity index (χ2v) is 6.84. The molecule has 24 heavy (non-hydrogen) atoms. The Morgan fingerprint density at radius 3 is 2.46 bits per heavy atom. The highest BCUT2D eigenvalue weighted by Gasteiger charge is 2.31. The van der Waals surface area contributed by atoms with Crippen LogP contribution in [-0.4, -0.2) is 22.2 Å². The van der Waals surface area contributed by atoms with Gasteiger partial charge in [0.2, 0.25) is 0 Å². The molecule has 0 unspecified atom stereocenters. The van der Waals surface area contributed by atoms with Crippen LogP contribution in [-0.2, 0) is 11.3 Å². The quantitative estimate of drug-likeness (QED) is 0.603. The third-order valence-corrected chi connectivity index (χ3v) is 4.92. The topological polar surface area (TPSA) is 29.5 Å². The molecule has 0 saturated carbocycles. The summed E-state index contributed by atoms with van der Waals surface area (Å²) >= 11 is 6.58. The van der Waals surface area contributed by atoms with Crippen LogP contribution in [0.2, 0.25) is 0 Å². The number of thiocarbonyl (C=S) groups is 1.